The summed E-state index contributed by atoms with van der Waals surface area (Å²) in [5, 5.41) is 3.53. The van der Waals surface area contributed by atoms with E-state index in [1.165, 1.54) is 25.8 Å². The van der Waals surface area contributed by atoms with E-state index in [-0.39, 0.29) is 0 Å². The largest absolute Gasteiger partial charge is 0.495 e. The summed E-state index contributed by atoms with van der Waals surface area (Å²) in [7, 11) is 3.90. The zero-order valence-electron chi connectivity index (χ0n) is 11.4. The molecule has 2 rings (SSSR count). The Bertz CT molecular complexity index is 440. The SMILES string of the molecule is COc1cc(NCC2CCCCN2C)c(Br)cc1Br. The molecule has 106 valence electrons. The number of nitrogens with zero attached hydrogens (tertiary/aromatic N) is 1. The highest BCUT2D eigenvalue weighted by Gasteiger charge is 2.18. The summed E-state index contributed by atoms with van der Waals surface area (Å²) in [6.45, 7) is 2.18. The van der Waals surface area contributed by atoms with Crippen LogP contribution >= 0.6 is 31.9 Å². The number of ether oxygens (including phenoxy) is 1. The van der Waals surface area contributed by atoms with Gasteiger partial charge >= 0.3 is 0 Å². The maximum atomic E-state index is 5.34. The van der Waals surface area contributed by atoms with E-state index < -0.39 is 0 Å². The third-order valence-corrected chi connectivity index (χ3v) is 4.97. The molecule has 0 spiro atoms. The molecule has 1 aromatic rings. The third kappa shape index (κ3) is 3.86. The average molecular weight is 392 g/mol. The molecule has 0 radical (unpaired) electrons. The summed E-state index contributed by atoms with van der Waals surface area (Å²) in [5.41, 5.74) is 1.08. The van der Waals surface area contributed by atoms with Gasteiger partial charge in [-0.15, -0.1) is 0 Å². The lowest BCUT2D eigenvalue weighted by Crippen LogP contribution is -2.40. The molecule has 1 N–H and O–H groups in total. The molecule has 0 saturated carbocycles. The quantitative estimate of drug-likeness (QED) is 0.835. The van der Waals surface area contributed by atoms with Gasteiger partial charge in [-0.05, 0) is 64.4 Å². The summed E-state index contributed by atoms with van der Waals surface area (Å²) in [6.07, 6.45) is 3.93. The van der Waals surface area contributed by atoms with Gasteiger partial charge in [0, 0.05) is 23.1 Å². The fraction of sp³-hybridized carbons (Fsp3) is 0.571. The highest BCUT2D eigenvalue weighted by Crippen LogP contribution is 2.34. The van der Waals surface area contributed by atoms with Gasteiger partial charge in [-0.1, -0.05) is 6.42 Å². The molecule has 1 aromatic carbocycles. The number of halogens is 2. The maximum absolute atomic E-state index is 5.34. The van der Waals surface area contributed by atoms with Crippen molar-refractivity contribution < 1.29 is 4.74 Å². The zero-order valence-corrected chi connectivity index (χ0v) is 14.6. The fourth-order valence-electron chi connectivity index (χ4n) is 2.45. The number of nitrogens with one attached hydrogen (secondary N) is 1. The molecule has 1 aliphatic heterocycles. The smallest absolute Gasteiger partial charge is 0.135 e. The number of benzene rings is 1. The van der Waals surface area contributed by atoms with E-state index in [9.17, 15) is 0 Å². The van der Waals surface area contributed by atoms with E-state index in [1.54, 1.807) is 7.11 Å². The Labute approximate surface area is 132 Å². The standard InChI is InChI=1S/C14H20Br2N2O/c1-18-6-4-3-5-10(18)9-17-13-8-14(19-2)12(16)7-11(13)15/h7-8,10,17H,3-6,9H2,1-2H3. The maximum Gasteiger partial charge on any atom is 0.135 e. The normalized spacial score (nSPS) is 20.3. The number of likely N-dealkylation sites (tertiary alicyclic amines) is 1. The molecule has 1 fully saturated rings. The molecule has 0 aromatic heterocycles. The van der Waals surface area contributed by atoms with Gasteiger partial charge in [-0.3, -0.25) is 0 Å². The van der Waals surface area contributed by atoms with E-state index >= 15 is 0 Å². The number of anilines is 1. The summed E-state index contributed by atoms with van der Waals surface area (Å²) in [4.78, 5) is 2.44. The van der Waals surface area contributed by atoms with Gasteiger partial charge in [-0.25, -0.2) is 0 Å². The minimum absolute atomic E-state index is 0.621. The number of likely N-dealkylation sites (N-methyl/N-ethyl adjacent to an activating group) is 1. The average Bonchev–Trinajstić information content (AvgIpc) is 2.39. The highest BCUT2D eigenvalue weighted by molar-refractivity contribution is 9.11. The first-order valence-electron chi connectivity index (χ1n) is 6.59. The van der Waals surface area contributed by atoms with E-state index in [0.717, 1.165) is 26.9 Å². The van der Waals surface area contributed by atoms with E-state index in [4.69, 9.17) is 4.74 Å². The van der Waals surface area contributed by atoms with Crippen LogP contribution in [0.1, 0.15) is 19.3 Å². The van der Waals surface area contributed by atoms with Crippen LogP contribution in [0.2, 0.25) is 0 Å². The molecule has 3 nitrogen and oxygen atoms in total. The van der Waals surface area contributed by atoms with Crippen molar-refractivity contribution in [1.29, 1.82) is 0 Å². The molecule has 0 aliphatic carbocycles. The van der Waals surface area contributed by atoms with Crippen molar-refractivity contribution in [3.63, 3.8) is 0 Å². The molecule has 1 heterocycles. The van der Waals surface area contributed by atoms with E-state index in [1.807, 2.05) is 12.1 Å². The Morgan fingerprint density at radius 1 is 1.32 bits per heavy atom. The first-order valence-corrected chi connectivity index (χ1v) is 8.17. The van der Waals surface area contributed by atoms with Gasteiger partial charge in [0.05, 0.1) is 17.3 Å². The fourth-order valence-corrected chi connectivity index (χ4v) is 3.75. The van der Waals surface area contributed by atoms with Crippen LogP contribution in [0.15, 0.2) is 21.1 Å². The number of hydrogen-bond acceptors (Lipinski definition) is 3. The second-order valence-electron chi connectivity index (χ2n) is 4.98. The monoisotopic (exact) mass is 390 g/mol. The molecule has 5 heteroatoms. The second kappa shape index (κ2) is 6.95. The van der Waals surface area contributed by atoms with Gasteiger partial charge in [-0.2, -0.15) is 0 Å². The van der Waals surface area contributed by atoms with Crippen LogP contribution in [0, 0.1) is 0 Å². The van der Waals surface area contributed by atoms with Crippen molar-refractivity contribution in [3.05, 3.63) is 21.1 Å². The molecule has 1 saturated heterocycles. The first kappa shape index (κ1) is 15.1. The number of rotatable bonds is 4. The molecular weight excluding hydrogens is 372 g/mol. The Hall–Kier alpha value is -0.260. The summed E-state index contributed by atoms with van der Waals surface area (Å²) in [5.74, 6) is 0.850. The molecular formula is C14H20Br2N2O. The van der Waals surface area contributed by atoms with Crippen molar-refractivity contribution in [3.8, 4) is 5.75 Å². The Balaban J connectivity index is 2.02. The topological polar surface area (TPSA) is 24.5 Å². The van der Waals surface area contributed by atoms with Gasteiger partial charge in [0.15, 0.2) is 0 Å². The van der Waals surface area contributed by atoms with Crippen molar-refractivity contribution in [2.24, 2.45) is 0 Å². The van der Waals surface area contributed by atoms with Crippen molar-refractivity contribution in [1.82, 2.24) is 4.90 Å². The van der Waals surface area contributed by atoms with Crippen LogP contribution in [-0.2, 0) is 0 Å². The molecule has 1 atom stereocenters. The minimum Gasteiger partial charge on any atom is -0.495 e. The van der Waals surface area contributed by atoms with E-state index in [0.29, 0.717) is 6.04 Å². The summed E-state index contributed by atoms with van der Waals surface area (Å²) < 4.78 is 7.35. The summed E-state index contributed by atoms with van der Waals surface area (Å²) >= 11 is 7.08. The van der Waals surface area contributed by atoms with Crippen LogP contribution in [0.25, 0.3) is 0 Å². The number of piperidine rings is 1. The molecule has 0 amide bonds. The molecule has 0 bridgehead atoms. The first-order chi connectivity index (χ1) is 9.11. The van der Waals surface area contributed by atoms with Crippen LogP contribution < -0.4 is 10.1 Å². The molecule has 1 aliphatic rings. The Morgan fingerprint density at radius 3 is 2.79 bits per heavy atom. The molecule has 19 heavy (non-hydrogen) atoms. The zero-order chi connectivity index (χ0) is 13.8. The van der Waals surface area contributed by atoms with Gasteiger partial charge in [0.2, 0.25) is 0 Å². The second-order valence-corrected chi connectivity index (χ2v) is 6.69. The van der Waals surface area contributed by atoms with Crippen molar-refractivity contribution in [2.45, 2.75) is 25.3 Å². The van der Waals surface area contributed by atoms with Gasteiger partial charge < -0.3 is 15.0 Å². The van der Waals surface area contributed by atoms with Crippen LogP contribution in [-0.4, -0.2) is 38.2 Å². The highest BCUT2D eigenvalue weighted by atomic mass is 79.9. The lowest BCUT2D eigenvalue weighted by molar-refractivity contribution is 0.194. The van der Waals surface area contributed by atoms with Crippen molar-refractivity contribution in [2.75, 3.05) is 32.6 Å². The van der Waals surface area contributed by atoms with Crippen LogP contribution in [0.3, 0.4) is 0 Å². The minimum atomic E-state index is 0.621. The Kier molecular flexibility index (Phi) is 5.54. The number of methoxy groups -OCH3 is 1. The van der Waals surface area contributed by atoms with E-state index in [2.05, 4.69) is 49.1 Å². The lowest BCUT2D eigenvalue weighted by Gasteiger charge is -2.32. The predicted molar refractivity (Wildman–Crippen MR) is 87.2 cm³/mol. The van der Waals surface area contributed by atoms with Gasteiger partial charge in [0.1, 0.15) is 5.75 Å². The summed E-state index contributed by atoms with van der Waals surface area (Å²) in [6, 6.07) is 4.67. The lowest BCUT2D eigenvalue weighted by atomic mass is 10.0. The molecule has 1 unspecified atom stereocenters. The Morgan fingerprint density at radius 2 is 2.11 bits per heavy atom. The van der Waals surface area contributed by atoms with Crippen molar-refractivity contribution >= 4 is 37.5 Å². The predicted octanol–water partition coefficient (Wildman–Crippen LogP) is 4.12. The third-order valence-electron chi connectivity index (χ3n) is 3.69. The van der Waals surface area contributed by atoms with Crippen LogP contribution in [0.4, 0.5) is 5.69 Å². The number of hydrogen-bond donors (Lipinski definition) is 1. The van der Waals surface area contributed by atoms with Gasteiger partial charge in [0.25, 0.3) is 0 Å². The van der Waals surface area contributed by atoms with Crippen LogP contribution in [0.5, 0.6) is 5.75 Å².